The van der Waals surface area contributed by atoms with E-state index >= 15 is 0 Å². The number of likely N-dealkylation sites (tertiary alicyclic amines) is 1. The minimum absolute atomic E-state index is 0.0256. The fourth-order valence-corrected chi connectivity index (χ4v) is 3.60. The van der Waals surface area contributed by atoms with Gasteiger partial charge in [-0.05, 0) is 43.4 Å². The van der Waals surface area contributed by atoms with Gasteiger partial charge in [0.25, 0.3) is 6.43 Å². The predicted molar refractivity (Wildman–Crippen MR) is 104 cm³/mol. The minimum Gasteiger partial charge on any atom is -0.494 e. The molecule has 1 saturated heterocycles. The number of anilines is 1. The number of aromatic nitrogens is 1. The Kier molecular flexibility index (Phi) is 7.38. The molecule has 0 spiro atoms. The van der Waals surface area contributed by atoms with Crippen LogP contribution < -0.4 is 10.1 Å². The van der Waals surface area contributed by atoms with Crippen LogP contribution in [-0.4, -0.2) is 61.9 Å². The molecule has 1 amide bonds. The highest BCUT2D eigenvalue weighted by atomic mass is 19.3. The van der Waals surface area contributed by atoms with Crippen LogP contribution in [0.25, 0.3) is 10.9 Å². The molecule has 0 saturated carbocycles. The number of hydrogen-bond acceptors (Lipinski definition) is 4. The summed E-state index contributed by atoms with van der Waals surface area (Å²) in [6, 6.07) is 5.58. The predicted octanol–water partition coefficient (Wildman–Crippen LogP) is 3.79. The number of H-pyrrole nitrogens is 1. The van der Waals surface area contributed by atoms with Crippen LogP contribution in [0.2, 0.25) is 0 Å². The molecule has 0 bridgehead atoms. The fraction of sp³-hybridized carbons (Fsp3) is 0.550. The van der Waals surface area contributed by atoms with Gasteiger partial charge in [0.2, 0.25) is 12.2 Å². The van der Waals surface area contributed by atoms with E-state index in [0.717, 1.165) is 17.3 Å². The van der Waals surface area contributed by atoms with Gasteiger partial charge in [-0.25, -0.2) is 13.2 Å². The number of piperidine rings is 1. The van der Waals surface area contributed by atoms with Crippen LogP contribution in [0.4, 0.5) is 18.9 Å². The molecule has 6 nitrogen and oxygen atoms in total. The Hall–Kier alpha value is -2.26. The number of amides is 1. The summed E-state index contributed by atoms with van der Waals surface area (Å²) >= 11 is 0. The number of hydrogen-bond donors (Lipinski definition) is 2. The van der Waals surface area contributed by atoms with Crippen molar-refractivity contribution in [1.29, 1.82) is 0 Å². The van der Waals surface area contributed by atoms with Crippen LogP contribution in [0, 0.1) is 5.92 Å². The zero-order valence-electron chi connectivity index (χ0n) is 16.3. The molecule has 1 aliphatic heterocycles. The number of aromatic amines is 1. The number of halogens is 3. The highest BCUT2D eigenvalue weighted by Gasteiger charge is 2.30. The number of alkyl halides is 3. The molecular weight excluding hydrogens is 387 g/mol. The average Bonchev–Trinajstić information content (AvgIpc) is 3.10. The maximum atomic E-state index is 13.4. The third-order valence-corrected chi connectivity index (χ3v) is 5.20. The molecule has 2 aromatic rings. The molecule has 160 valence electrons. The summed E-state index contributed by atoms with van der Waals surface area (Å²) in [5.41, 5.74) is 1.52. The minimum atomic E-state index is -2.96. The van der Waals surface area contributed by atoms with Crippen LogP contribution in [-0.2, 0) is 9.53 Å². The van der Waals surface area contributed by atoms with E-state index in [1.807, 2.05) is 18.2 Å². The number of ether oxygens (including phenoxy) is 2. The molecule has 2 N–H and O–H groups in total. The molecule has 1 aromatic carbocycles. The molecule has 29 heavy (non-hydrogen) atoms. The third-order valence-electron chi connectivity index (χ3n) is 5.20. The molecular formula is C20H26F3N3O3. The lowest BCUT2D eigenvalue weighted by Gasteiger charge is -2.33. The van der Waals surface area contributed by atoms with Crippen LogP contribution in [0.5, 0.6) is 5.75 Å². The summed E-state index contributed by atoms with van der Waals surface area (Å²) in [4.78, 5) is 16.0. The summed E-state index contributed by atoms with van der Waals surface area (Å²) in [5.74, 6) is 0.766. The maximum Gasteiger partial charge on any atom is 0.282 e. The van der Waals surface area contributed by atoms with Crippen molar-refractivity contribution in [1.82, 2.24) is 9.88 Å². The van der Waals surface area contributed by atoms with Crippen molar-refractivity contribution in [3.05, 3.63) is 24.4 Å². The average molecular weight is 413 g/mol. The van der Waals surface area contributed by atoms with Crippen LogP contribution in [0.3, 0.4) is 0 Å². The van der Waals surface area contributed by atoms with E-state index in [1.54, 1.807) is 6.20 Å². The van der Waals surface area contributed by atoms with Gasteiger partial charge in [0.1, 0.15) is 12.4 Å². The second kappa shape index (κ2) is 9.98. The molecule has 0 aliphatic carbocycles. The van der Waals surface area contributed by atoms with Crippen LogP contribution >= 0.6 is 0 Å². The number of rotatable bonds is 9. The Morgan fingerprint density at radius 2 is 2.07 bits per heavy atom. The van der Waals surface area contributed by atoms with Gasteiger partial charge in [0, 0.05) is 37.3 Å². The standard InChI is InChI=1S/C20H26F3N3O3/c1-28-12-18(27)25-17-11-24-16-3-2-14(10-15(16)17)29-9-6-13-4-7-26(8-5-13)20(23)19(21)22/h2-3,10-11,13,19-20,24H,4-9,12H2,1H3,(H,25,27). The Morgan fingerprint density at radius 3 is 2.76 bits per heavy atom. The van der Waals surface area contributed by atoms with Crippen molar-refractivity contribution in [2.75, 3.05) is 38.7 Å². The number of carbonyl (C=O) groups excluding carboxylic acids is 1. The first-order chi connectivity index (χ1) is 14.0. The van der Waals surface area contributed by atoms with Gasteiger partial charge in [-0.15, -0.1) is 0 Å². The van der Waals surface area contributed by atoms with E-state index in [4.69, 9.17) is 9.47 Å². The summed E-state index contributed by atoms with van der Waals surface area (Å²) in [7, 11) is 1.46. The summed E-state index contributed by atoms with van der Waals surface area (Å²) in [6.45, 7) is 1.15. The zero-order valence-corrected chi connectivity index (χ0v) is 16.3. The number of benzene rings is 1. The Labute approximate surface area is 167 Å². The first kappa shape index (κ1) is 21.4. The molecule has 1 unspecified atom stereocenters. The first-order valence-corrected chi connectivity index (χ1v) is 9.67. The van der Waals surface area contributed by atoms with Gasteiger partial charge in [-0.2, -0.15) is 0 Å². The van der Waals surface area contributed by atoms with Gasteiger partial charge in [-0.1, -0.05) is 0 Å². The van der Waals surface area contributed by atoms with E-state index in [1.165, 1.54) is 12.0 Å². The molecule has 9 heteroatoms. The van der Waals surface area contributed by atoms with E-state index in [0.29, 0.717) is 49.9 Å². The van der Waals surface area contributed by atoms with Crippen molar-refractivity contribution < 1.29 is 27.4 Å². The highest BCUT2D eigenvalue weighted by molar-refractivity contribution is 6.02. The molecule has 1 aromatic heterocycles. The Bertz CT molecular complexity index is 807. The Balaban J connectivity index is 1.49. The number of nitrogens with one attached hydrogen (secondary N) is 2. The molecule has 3 rings (SSSR count). The molecule has 1 atom stereocenters. The van der Waals surface area contributed by atoms with Crippen LogP contribution in [0.1, 0.15) is 19.3 Å². The van der Waals surface area contributed by atoms with Crippen molar-refractivity contribution in [3.8, 4) is 5.75 Å². The van der Waals surface area contributed by atoms with Gasteiger partial charge < -0.3 is 19.8 Å². The lowest BCUT2D eigenvalue weighted by Crippen LogP contribution is -2.42. The zero-order chi connectivity index (χ0) is 20.8. The van der Waals surface area contributed by atoms with Gasteiger partial charge >= 0.3 is 0 Å². The lowest BCUT2D eigenvalue weighted by atomic mass is 9.94. The largest absolute Gasteiger partial charge is 0.494 e. The number of carbonyl (C=O) groups is 1. The van der Waals surface area contributed by atoms with Crippen molar-refractivity contribution in [2.24, 2.45) is 5.92 Å². The van der Waals surface area contributed by atoms with Crippen LogP contribution in [0.15, 0.2) is 24.4 Å². The molecule has 2 heterocycles. The quantitative estimate of drug-likeness (QED) is 0.614. The lowest BCUT2D eigenvalue weighted by molar-refractivity contribution is -0.119. The SMILES string of the molecule is COCC(=O)Nc1c[nH]c2ccc(OCCC3CCN(C(F)C(F)F)CC3)cc12. The fourth-order valence-electron chi connectivity index (χ4n) is 3.60. The van der Waals surface area contributed by atoms with Gasteiger partial charge in [0.15, 0.2) is 0 Å². The van der Waals surface area contributed by atoms with Gasteiger partial charge in [0.05, 0.1) is 12.3 Å². The molecule has 0 radical (unpaired) electrons. The number of methoxy groups -OCH3 is 1. The smallest absolute Gasteiger partial charge is 0.282 e. The normalized spacial score (nSPS) is 17.0. The van der Waals surface area contributed by atoms with Gasteiger partial charge in [-0.3, -0.25) is 9.69 Å². The van der Waals surface area contributed by atoms with Crippen molar-refractivity contribution in [2.45, 2.75) is 32.0 Å². The monoisotopic (exact) mass is 413 g/mol. The first-order valence-electron chi connectivity index (χ1n) is 9.67. The van der Waals surface area contributed by atoms with E-state index < -0.39 is 12.7 Å². The third kappa shape index (κ3) is 5.63. The topological polar surface area (TPSA) is 66.6 Å². The van der Waals surface area contributed by atoms with E-state index in [2.05, 4.69) is 10.3 Å². The Morgan fingerprint density at radius 1 is 1.31 bits per heavy atom. The van der Waals surface area contributed by atoms with Crippen molar-refractivity contribution in [3.63, 3.8) is 0 Å². The summed E-state index contributed by atoms with van der Waals surface area (Å²) < 4.78 is 49.0. The number of nitrogens with zero attached hydrogens (tertiary/aromatic N) is 1. The highest BCUT2D eigenvalue weighted by Crippen LogP contribution is 2.28. The number of fused-ring (bicyclic) bond motifs is 1. The summed E-state index contributed by atoms with van der Waals surface area (Å²) in [5, 5.41) is 3.62. The maximum absolute atomic E-state index is 13.4. The second-order valence-corrected chi connectivity index (χ2v) is 7.21. The van der Waals surface area contributed by atoms with Crippen molar-refractivity contribution >= 4 is 22.5 Å². The second-order valence-electron chi connectivity index (χ2n) is 7.21. The summed E-state index contributed by atoms with van der Waals surface area (Å²) in [6.07, 6.45) is -1.26. The van der Waals surface area contributed by atoms with E-state index in [-0.39, 0.29) is 12.5 Å². The molecule has 1 fully saturated rings. The van der Waals surface area contributed by atoms with E-state index in [9.17, 15) is 18.0 Å². The molecule has 1 aliphatic rings.